The molecular weight excluding hydrogens is 444 g/mol. The molecule has 0 amide bonds. The zero-order chi connectivity index (χ0) is 25.0. The van der Waals surface area contributed by atoms with Crippen LogP contribution in [0.3, 0.4) is 0 Å². The van der Waals surface area contributed by atoms with Gasteiger partial charge in [0, 0.05) is 13.0 Å². The molecule has 0 aliphatic rings. The number of benzene rings is 3. The topological polar surface area (TPSA) is 93.1 Å². The molecule has 0 aliphatic heterocycles. The van der Waals surface area contributed by atoms with E-state index >= 15 is 0 Å². The van der Waals surface area contributed by atoms with Gasteiger partial charge >= 0.3 is 5.97 Å². The molecule has 0 radical (unpaired) electrons. The largest absolute Gasteiger partial charge is 0.508 e. The van der Waals surface area contributed by atoms with E-state index in [1.807, 2.05) is 66.7 Å². The van der Waals surface area contributed by atoms with Gasteiger partial charge in [0.25, 0.3) is 0 Å². The van der Waals surface area contributed by atoms with Crippen LogP contribution >= 0.6 is 0 Å². The number of Topliss-reactive ketones (excluding diaryl/α,β-unsaturated/α-hetero) is 1. The number of phenolic OH excluding ortho intramolecular Hbond substituents is 1. The smallest absolute Gasteiger partial charge is 0.314 e. The summed E-state index contributed by atoms with van der Waals surface area (Å²) in [6, 6.07) is 25.1. The van der Waals surface area contributed by atoms with Crippen molar-refractivity contribution in [3.63, 3.8) is 0 Å². The fourth-order valence-electron chi connectivity index (χ4n) is 3.86. The Balaban J connectivity index is 1.65. The third-order valence-electron chi connectivity index (χ3n) is 5.90. The number of carbonyl (C=O) groups excluding carboxylic acids is 1. The molecule has 0 aromatic heterocycles. The first-order valence-electron chi connectivity index (χ1n) is 11.8. The summed E-state index contributed by atoms with van der Waals surface area (Å²) in [4.78, 5) is 22.9. The molecule has 0 heterocycles. The van der Waals surface area contributed by atoms with Crippen molar-refractivity contribution in [1.82, 2.24) is 0 Å². The molecule has 0 saturated heterocycles. The van der Waals surface area contributed by atoms with Crippen LogP contribution in [-0.2, 0) is 38.7 Å². The molecule has 184 valence electrons. The van der Waals surface area contributed by atoms with E-state index in [4.69, 9.17) is 9.47 Å². The number of carboxylic acid groups (broad SMARTS) is 1. The monoisotopic (exact) mass is 476 g/mol. The van der Waals surface area contributed by atoms with Crippen LogP contribution in [0.2, 0.25) is 0 Å². The normalized spacial score (nSPS) is 12.7. The van der Waals surface area contributed by atoms with Crippen LogP contribution < -0.4 is 0 Å². The van der Waals surface area contributed by atoms with Gasteiger partial charge < -0.3 is 19.7 Å². The minimum Gasteiger partial charge on any atom is -0.508 e. The molecule has 3 rings (SSSR count). The molecule has 0 fully saturated rings. The summed E-state index contributed by atoms with van der Waals surface area (Å²) in [6.45, 7) is 2.69. The lowest BCUT2D eigenvalue weighted by Crippen LogP contribution is -2.22. The molecule has 3 aromatic carbocycles. The average Bonchev–Trinajstić information content (AvgIpc) is 2.85. The van der Waals surface area contributed by atoms with E-state index in [0.717, 1.165) is 16.7 Å². The van der Waals surface area contributed by atoms with Crippen molar-refractivity contribution in [2.75, 3.05) is 6.61 Å². The minimum absolute atomic E-state index is 0.0636. The quantitative estimate of drug-likeness (QED) is 0.236. The molecule has 35 heavy (non-hydrogen) atoms. The molecule has 2 N–H and O–H groups in total. The highest BCUT2D eigenvalue weighted by atomic mass is 16.5. The lowest BCUT2D eigenvalue weighted by atomic mass is 9.94. The Morgan fingerprint density at radius 3 is 2.06 bits per heavy atom. The standard InChI is InChI=1S/C29H32O6/c1-21(30)26(29(32)33)15-14-24-12-13-25(18-27(24)31)28(35-20-23-10-6-3-7-11-23)16-17-34-19-22-8-4-2-5-9-22/h2-13,18,26,28,31H,14-17,19-20H2,1H3,(H,32,33). The van der Waals surface area contributed by atoms with Crippen molar-refractivity contribution < 1.29 is 29.3 Å². The predicted octanol–water partition coefficient (Wildman–Crippen LogP) is 5.48. The number of hydrogen-bond donors (Lipinski definition) is 2. The second-order valence-corrected chi connectivity index (χ2v) is 8.54. The summed E-state index contributed by atoms with van der Waals surface area (Å²) in [5, 5.41) is 19.8. The van der Waals surface area contributed by atoms with Gasteiger partial charge in [-0.2, -0.15) is 0 Å². The maximum atomic E-state index is 11.6. The van der Waals surface area contributed by atoms with Gasteiger partial charge in [0.1, 0.15) is 17.5 Å². The molecule has 0 bridgehead atoms. The van der Waals surface area contributed by atoms with E-state index < -0.39 is 17.7 Å². The van der Waals surface area contributed by atoms with Crippen molar-refractivity contribution in [2.24, 2.45) is 5.92 Å². The summed E-state index contributed by atoms with van der Waals surface area (Å²) >= 11 is 0. The second kappa shape index (κ2) is 13.4. The van der Waals surface area contributed by atoms with Crippen LogP contribution in [-0.4, -0.2) is 28.6 Å². The predicted molar refractivity (Wildman–Crippen MR) is 133 cm³/mol. The molecule has 0 aliphatic carbocycles. The molecular formula is C29H32O6. The van der Waals surface area contributed by atoms with E-state index in [1.54, 1.807) is 12.1 Å². The van der Waals surface area contributed by atoms with Gasteiger partial charge in [0.2, 0.25) is 0 Å². The van der Waals surface area contributed by atoms with Gasteiger partial charge in [0.15, 0.2) is 0 Å². The lowest BCUT2D eigenvalue weighted by molar-refractivity contribution is -0.145. The van der Waals surface area contributed by atoms with Crippen LogP contribution in [0.4, 0.5) is 0 Å². The molecule has 6 heteroatoms. The molecule has 0 spiro atoms. The van der Waals surface area contributed by atoms with Crippen LogP contribution in [0.1, 0.15) is 48.1 Å². The zero-order valence-electron chi connectivity index (χ0n) is 19.9. The number of aromatic hydroxyl groups is 1. The summed E-state index contributed by atoms with van der Waals surface area (Å²) in [5.74, 6) is -2.54. The minimum atomic E-state index is -1.14. The Labute approximate surface area is 206 Å². The lowest BCUT2D eigenvalue weighted by Gasteiger charge is -2.20. The Kier molecular flexibility index (Phi) is 10.0. The number of phenols is 1. The van der Waals surface area contributed by atoms with E-state index in [0.29, 0.717) is 38.2 Å². The van der Waals surface area contributed by atoms with Crippen molar-refractivity contribution in [3.8, 4) is 5.75 Å². The number of aliphatic carboxylic acids is 1. The van der Waals surface area contributed by atoms with Gasteiger partial charge in [0.05, 0.1) is 19.3 Å². The number of hydrogen-bond acceptors (Lipinski definition) is 5. The summed E-state index contributed by atoms with van der Waals surface area (Å²) < 4.78 is 12.1. The average molecular weight is 477 g/mol. The number of aryl methyl sites for hydroxylation is 1. The first-order chi connectivity index (χ1) is 16.9. The van der Waals surface area contributed by atoms with Crippen LogP contribution in [0.15, 0.2) is 78.9 Å². The fourth-order valence-corrected chi connectivity index (χ4v) is 3.86. The van der Waals surface area contributed by atoms with E-state index in [1.165, 1.54) is 6.92 Å². The SMILES string of the molecule is CC(=O)C(CCc1ccc(C(CCOCc2ccccc2)OCc2ccccc2)cc1O)C(=O)O. The number of ketones is 1. The Hall–Kier alpha value is -3.48. The zero-order valence-corrected chi connectivity index (χ0v) is 19.9. The molecule has 6 nitrogen and oxygen atoms in total. The number of carboxylic acids is 1. The summed E-state index contributed by atoms with van der Waals surface area (Å²) in [7, 11) is 0. The molecule has 2 unspecified atom stereocenters. The highest BCUT2D eigenvalue weighted by Crippen LogP contribution is 2.29. The maximum Gasteiger partial charge on any atom is 0.314 e. The second-order valence-electron chi connectivity index (χ2n) is 8.54. The Bertz CT molecular complexity index is 1070. The molecule has 2 atom stereocenters. The van der Waals surface area contributed by atoms with Gasteiger partial charge in [-0.3, -0.25) is 9.59 Å². The highest BCUT2D eigenvalue weighted by Gasteiger charge is 2.23. The number of carbonyl (C=O) groups is 2. The first-order valence-corrected chi connectivity index (χ1v) is 11.8. The van der Waals surface area contributed by atoms with Crippen molar-refractivity contribution in [1.29, 1.82) is 0 Å². The third kappa shape index (κ3) is 8.35. The first kappa shape index (κ1) is 26.1. The van der Waals surface area contributed by atoms with Gasteiger partial charge in [-0.1, -0.05) is 72.8 Å². The van der Waals surface area contributed by atoms with Gasteiger partial charge in [-0.25, -0.2) is 0 Å². The molecule has 0 saturated carbocycles. The van der Waals surface area contributed by atoms with Gasteiger partial charge in [-0.15, -0.1) is 0 Å². The summed E-state index contributed by atoms with van der Waals surface area (Å²) in [6.07, 6.45) is 0.732. The maximum absolute atomic E-state index is 11.6. The third-order valence-corrected chi connectivity index (χ3v) is 5.90. The van der Waals surface area contributed by atoms with E-state index in [-0.39, 0.29) is 18.3 Å². The Morgan fingerprint density at radius 2 is 1.49 bits per heavy atom. The van der Waals surface area contributed by atoms with Crippen molar-refractivity contribution in [2.45, 2.75) is 45.5 Å². The fraction of sp³-hybridized carbons (Fsp3) is 0.310. The van der Waals surface area contributed by atoms with Crippen LogP contribution in [0.25, 0.3) is 0 Å². The van der Waals surface area contributed by atoms with Crippen molar-refractivity contribution >= 4 is 11.8 Å². The number of ether oxygens (including phenoxy) is 2. The summed E-state index contributed by atoms with van der Waals surface area (Å²) in [5.41, 5.74) is 3.56. The highest BCUT2D eigenvalue weighted by molar-refractivity contribution is 5.96. The van der Waals surface area contributed by atoms with Gasteiger partial charge in [-0.05, 0) is 48.1 Å². The number of rotatable bonds is 14. The van der Waals surface area contributed by atoms with Crippen LogP contribution in [0.5, 0.6) is 5.75 Å². The van der Waals surface area contributed by atoms with Crippen molar-refractivity contribution in [3.05, 3.63) is 101 Å². The molecule has 3 aromatic rings. The Morgan fingerprint density at radius 1 is 0.857 bits per heavy atom. The van der Waals surface area contributed by atoms with E-state index in [9.17, 15) is 19.8 Å². The van der Waals surface area contributed by atoms with Crippen LogP contribution in [0, 0.1) is 5.92 Å². The van der Waals surface area contributed by atoms with E-state index in [2.05, 4.69) is 0 Å².